The molecule has 0 aromatic rings. The summed E-state index contributed by atoms with van der Waals surface area (Å²) >= 11 is 0. The largest absolute Gasteiger partial charge is 0.370 e. The number of hydrogen-bond donors (Lipinski definition) is 4. The van der Waals surface area contributed by atoms with Crippen molar-refractivity contribution in [2.75, 3.05) is 92.3 Å². The van der Waals surface area contributed by atoms with E-state index in [4.69, 9.17) is 4.74 Å². The second-order valence-corrected chi connectivity index (χ2v) is 13.2. The molecule has 190 valence electrons. The Morgan fingerprint density at radius 2 is 0.818 bits per heavy atom. The number of fused-ring (bicyclic) bond motifs is 6. The highest BCUT2D eigenvalue weighted by molar-refractivity contribution is 4.84. The van der Waals surface area contributed by atoms with Gasteiger partial charge in [0.05, 0.1) is 79.2 Å². The molecule has 5 nitrogen and oxygen atoms in total. The van der Waals surface area contributed by atoms with E-state index in [-0.39, 0.29) is 0 Å². The minimum absolute atomic E-state index is 0.950. The van der Waals surface area contributed by atoms with Crippen molar-refractivity contribution in [3.8, 4) is 0 Å². The molecule has 0 amide bonds. The van der Waals surface area contributed by atoms with Crippen molar-refractivity contribution in [1.82, 2.24) is 0 Å². The first-order valence-corrected chi connectivity index (χ1v) is 15.1. The average Bonchev–Trinajstić information content (AvgIpc) is 2.87. The van der Waals surface area contributed by atoms with Crippen molar-refractivity contribution in [3.63, 3.8) is 0 Å². The third kappa shape index (κ3) is 7.39. The molecule has 11 fully saturated rings. The summed E-state index contributed by atoms with van der Waals surface area (Å²) in [5, 5.41) is 0. The normalized spacial score (nSPS) is 44.6. The first kappa shape index (κ1) is 24.5. The zero-order chi connectivity index (χ0) is 22.5. The summed E-state index contributed by atoms with van der Waals surface area (Å²) in [7, 11) is 2.20. The maximum absolute atomic E-state index is 5.12. The highest BCUT2D eigenvalue weighted by Gasteiger charge is 2.43. The zero-order valence-electron chi connectivity index (χ0n) is 21.9. The summed E-state index contributed by atoms with van der Waals surface area (Å²) in [4.78, 5) is 7.26. The summed E-state index contributed by atoms with van der Waals surface area (Å²) in [6.07, 6.45) is 13.9. The lowest BCUT2D eigenvalue weighted by Crippen LogP contribution is -3.17. The van der Waals surface area contributed by atoms with E-state index >= 15 is 0 Å². The van der Waals surface area contributed by atoms with Crippen LogP contribution >= 0.6 is 0 Å². The Hall–Kier alpha value is -0.200. The minimum Gasteiger partial charge on any atom is -0.370 e. The van der Waals surface area contributed by atoms with Crippen LogP contribution in [0.2, 0.25) is 0 Å². The molecule has 0 aromatic heterocycles. The van der Waals surface area contributed by atoms with Gasteiger partial charge < -0.3 is 24.3 Å². The molecule has 0 unspecified atom stereocenters. The average molecular weight is 465 g/mol. The van der Waals surface area contributed by atoms with Crippen LogP contribution in [0.25, 0.3) is 0 Å². The molecule has 4 N–H and O–H groups in total. The molecule has 8 bridgehead atoms. The standard InChI is InChI=1S/C9H15N.2C7H13N.C5H11NO/c1-7-2-9-3-8(1)5-10(4-7)6-9;2*1-4-8-5-2-7(1)3-6-8;1-6-2-4-7-5-3-6/h7-9H,1-6H2;2*7H,1-6H2;2-5H2,1H3/p+4. The van der Waals surface area contributed by atoms with Gasteiger partial charge in [-0.25, -0.2) is 0 Å². The second kappa shape index (κ2) is 12.2. The van der Waals surface area contributed by atoms with E-state index in [1.807, 2.05) is 14.7 Å². The smallest absolute Gasteiger partial charge is 0.101 e. The van der Waals surface area contributed by atoms with Crippen LogP contribution in [0.3, 0.4) is 0 Å². The molecule has 1 saturated carbocycles. The fraction of sp³-hybridized carbons (Fsp3) is 1.00. The number of likely N-dealkylation sites (N-methyl/N-ethyl adjacent to an activating group) is 1. The van der Waals surface area contributed by atoms with E-state index in [1.54, 1.807) is 24.2 Å². The van der Waals surface area contributed by atoms with Crippen LogP contribution in [-0.2, 0) is 4.74 Å². The lowest BCUT2D eigenvalue weighted by Gasteiger charge is -2.48. The quantitative estimate of drug-likeness (QED) is 0.323. The van der Waals surface area contributed by atoms with Crippen LogP contribution in [0.15, 0.2) is 0 Å². The van der Waals surface area contributed by atoms with Gasteiger partial charge in [-0.1, -0.05) is 0 Å². The van der Waals surface area contributed by atoms with Gasteiger partial charge in [0.2, 0.25) is 0 Å². The molecule has 0 spiro atoms. The summed E-state index contributed by atoms with van der Waals surface area (Å²) in [6, 6.07) is 0. The molecule has 0 aromatic carbocycles. The Morgan fingerprint density at radius 3 is 1.00 bits per heavy atom. The Bertz CT molecular complexity index is 438. The molecule has 11 aliphatic rings. The molecule has 33 heavy (non-hydrogen) atoms. The van der Waals surface area contributed by atoms with Crippen LogP contribution in [0.1, 0.15) is 57.8 Å². The summed E-state index contributed by atoms with van der Waals surface area (Å²) in [5.41, 5.74) is 0. The highest BCUT2D eigenvalue weighted by Crippen LogP contribution is 2.36. The topological polar surface area (TPSA) is 27.0 Å². The molecular formula is C28H56N4O+4. The minimum atomic E-state index is 0.950. The maximum atomic E-state index is 5.12. The van der Waals surface area contributed by atoms with Gasteiger partial charge in [-0.05, 0) is 69.6 Å². The van der Waals surface area contributed by atoms with Gasteiger partial charge in [-0.3, -0.25) is 0 Å². The van der Waals surface area contributed by atoms with E-state index in [0.29, 0.717) is 0 Å². The van der Waals surface area contributed by atoms with E-state index in [0.717, 1.165) is 42.8 Å². The Labute approximate surface area is 204 Å². The van der Waals surface area contributed by atoms with Crippen LogP contribution in [0.5, 0.6) is 0 Å². The van der Waals surface area contributed by atoms with Crippen molar-refractivity contribution >= 4 is 0 Å². The van der Waals surface area contributed by atoms with Crippen LogP contribution < -0.4 is 19.6 Å². The number of hydrogen-bond acceptors (Lipinski definition) is 1. The molecule has 10 heterocycles. The number of piperidine rings is 9. The van der Waals surface area contributed by atoms with Gasteiger partial charge in [0, 0.05) is 17.8 Å². The van der Waals surface area contributed by atoms with Gasteiger partial charge in [0.15, 0.2) is 0 Å². The monoisotopic (exact) mass is 464 g/mol. The van der Waals surface area contributed by atoms with Crippen molar-refractivity contribution < 1.29 is 24.3 Å². The highest BCUT2D eigenvalue weighted by atomic mass is 16.5. The van der Waals surface area contributed by atoms with Gasteiger partial charge in [-0.15, -0.1) is 0 Å². The molecule has 1 aliphatic carbocycles. The molecule has 0 radical (unpaired) electrons. The first-order valence-electron chi connectivity index (χ1n) is 15.1. The number of morpholine rings is 1. The lowest BCUT2D eigenvalue weighted by atomic mass is 9.68. The van der Waals surface area contributed by atoms with Gasteiger partial charge in [0.25, 0.3) is 0 Å². The third-order valence-electron chi connectivity index (χ3n) is 10.5. The fourth-order valence-electron chi connectivity index (χ4n) is 8.46. The number of quaternary nitrogens is 4. The van der Waals surface area contributed by atoms with Crippen molar-refractivity contribution in [3.05, 3.63) is 0 Å². The van der Waals surface area contributed by atoms with Crippen molar-refractivity contribution in [1.29, 1.82) is 0 Å². The molecular weight excluding hydrogens is 408 g/mol. The zero-order valence-corrected chi connectivity index (χ0v) is 21.9. The first-order chi connectivity index (χ1) is 16.2. The van der Waals surface area contributed by atoms with Gasteiger partial charge in [-0.2, -0.15) is 0 Å². The third-order valence-corrected chi connectivity index (χ3v) is 10.5. The molecule has 5 heteroatoms. The van der Waals surface area contributed by atoms with Gasteiger partial charge in [0.1, 0.15) is 13.1 Å². The number of rotatable bonds is 0. The van der Waals surface area contributed by atoms with Gasteiger partial charge >= 0.3 is 0 Å². The summed E-state index contributed by atoms with van der Waals surface area (Å²) < 4.78 is 5.12. The van der Waals surface area contributed by atoms with E-state index < -0.39 is 0 Å². The molecule has 10 saturated heterocycles. The van der Waals surface area contributed by atoms with Crippen LogP contribution in [-0.4, -0.2) is 92.3 Å². The van der Waals surface area contributed by atoms with E-state index in [1.165, 1.54) is 111 Å². The molecule has 11 rings (SSSR count). The maximum Gasteiger partial charge on any atom is 0.101 e. The number of nitrogens with one attached hydrogen (secondary N) is 4. The van der Waals surface area contributed by atoms with Crippen LogP contribution in [0, 0.1) is 29.6 Å². The molecule has 0 atom stereocenters. The summed E-state index contributed by atoms with van der Waals surface area (Å²) in [5.74, 6) is 5.68. The van der Waals surface area contributed by atoms with Crippen molar-refractivity contribution in [2.24, 2.45) is 29.6 Å². The number of ether oxygens (including phenoxy) is 1. The molecule has 10 aliphatic heterocycles. The van der Waals surface area contributed by atoms with E-state index in [9.17, 15) is 0 Å². The Kier molecular flexibility index (Phi) is 9.03. The summed E-state index contributed by atoms with van der Waals surface area (Å²) in [6.45, 7) is 17.7. The predicted molar refractivity (Wildman–Crippen MR) is 133 cm³/mol. The Balaban J connectivity index is 0.0000000932. The van der Waals surface area contributed by atoms with E-state index in [2.05, 4.69) is 7.05 Å². The predicted octanol–water partition coefficient (Wildman–Crippen LogP) is -2.17. The van der Waals surface area contributed by atoms with Crippen LogP contribution in [0.4, 0.5) is 0 Å². The SMILES string of the molecule is C1C2CC3CC1C[NH+](C2)C3.C1C[NH+]2CCC1CC2.C1C[NH+]2CCC1CC2.C[NH+]1CCOCC1. The second-order valence-electron chi connectivity index (χ2n) is 13.2. The Morgan fingerprint density at radius 1 is 0.455 bits per heavy atom. The van der Waals surface area contributed by atoms with Crippen molar-refractivity contribution in [2.45, 2.75) is 57.8 Å². The lowest BCUT2D eigenvalue weighted by molar-refractivity contribution is -0.929. The fourth-order valence-corrected chi connectivity index (χ4v) is 8.46.